The minimum atomic E-state index is -1.12. The topological polar surface area (TPSA) is 43.4 Å². The molecule has 1 heterocycles. The lowest BCUT2D eigenvalue weighted by Gasteiger charge is -2.38. The molecule has 3 heteroatoms. The van der Waals surface area contributed by atoms with Crippen molar-refractivity contribution in [1.29, 1.82) is 0 Å². The van der Waals surface area contributed by atoms with Gasteiger partial charge >= 0.3 is 5.97 Å². The standard InChI is InChI=1S/C19H18O3/c1-19(2)17(20)15(13-9-5-3-6-10-13)16(22-18(19)21)14-11-7-4-8-12-14/h3-12,15-16H,1-2H3/t15-,16+/m0/s1. The number of Topliss-reactive ketones (excluding diaryl/α,β-unsaturated/α-hetero) is 1. The van der Waals surface area contributed by atoms with Crippen molar-refractivity contribution in [3.8, 4) is 0 Å². The molecule has 2 aromatic rings. The van der Waals surface area contributed by atoms with Gasteiger partial charge in [0.15, 0.2) is 5.78 Å². The summed E-state index contributed by atoms with van der Waals surface area (Å²) in [7, 11) is 0. The number of carbonyl (C=O) groups is 2. The summed E-state index contributed by atoms with van der Waals surface area (Å²) in [5.74, 6) is -1.03. The molecule has 3 nitrogen and oxygen atoms in total. The number of ether oxygens (including phenoxy) is 1. The zero-order valence-electron chi connectivity index (χ0n) is 12.7. The SMILES string of the molecule is CC1(C)C(=O)O[C@H](c2ccccc2)[C@H](c2ccccc2)C1=O. The van der Waals surface area contributed by atoms with Crippen molar-refractivity contribution in [3.05, 3.63) is 71.8 Å². The molecule has 1 fully saturated rings. The van der Waals surface area contributed by atoms with E-state index < -0.39 is 23.4 Å². The van der Waals surface area contributed by atoms with Crippen LogP contribution >= 0.6 is 0 Å². The van der Waals surface area contributed by atoms with E-state index >= 15 is 0 Å². The molecular formula is C19H18O3. The smallest absolute Gasteiger partial charge is 0.319 e. The van der Waals surface area contributed by atoms with Crippen LogP contribution in [-0.2, 0) is 14.3 Å². The van der Waals surface area contributed by atoms with Crippen LogP contribution in [0.15, 0.2) is 60.7 Å². The van der Waals surface area contributed by atoms with Gasteiger partial charge in [0.1, 0.15) is 11.5 Å². The molecular weight excluding hydrogens is 276 g/mol. The second kappa shape index (κ2) is 5.41. The molecule has 0 saturated carbocycles. The minimum absolute atomic E-state index is 0.0937. The molecule has 0 bridgehead atoms. The number of hydrogen-bond donors (Lipinski definition) is 0. The first kappa shape index (κ1) is 14.5. The van der Waals surface area contributed by atoms with Gasteiger partial charge in [0.05, 0.1) is 5.92 Å². The van der Waals surface area contributed by atoms with E-state index in [0.29, 0.717) is 0 Å². The largest absolute Gasteiger partial charge is 0.456 e. The maximum absolute atomic E-state index is 12.9. The molecule has 0 aromatic heterocycles. The van der Waals surface area contributed by atoms with Gasteiger partial charge in [0.2, 0.25) is 0 Å². The monoisotopic (exact) mass is 294 g/mol. The van der Waals surface area contributed by atoms with E-state index in [2.05, 4.69) is 0 Å². The second-order valence-corrected chi connectivity index (χ2v) is 6.11. The Kier molecular flexibility index (Phi) is 3.57. The molecule has 0 unspecified atom stereocenters. The highest BCUT2D eigenvalue weighted by Gasteiger charge is 2.51. The van der Waals surface area contributed by atoms with Gasteiger partial charge in [-0.05, 0) is 25.0 Å². The number of ketones is 1. The van der Waals surface area contributed by atoms with Gasteiger partial charge in [-0.25, -0.2) is 0 Å². The van der Waals surface area contributed by atoms with Gasteiger partial charge in [-0.15, -0.1) is 0 Å². The number of hydrogen-bond acceptors (Lipinski definition) is 3. The van der Waals surface area contributed by atoms with Crippen LogP contribution in [0.25, 0.3) is 0 Å². The fourth-order valence-electron chi connectivity index (χ4n) is 2.85. The van der Waals surface area contributed by atoms with E-state index in [9.17, 15) is 9.59 Å². The molecule has 3 rings (SSSR count). The Bertz CT molecular complexity index is 689. The zero-order chi connectivity index (χ0) is 15.7. The van der Waals surface area contributed by atoms with Crippen molar-refractivity contribution < 1.29 is 14.3 Å². The number of cyclic esters (lactones) is 1. The predicted octanol–water partition coefficient (Wildman–Crippen LogP) is 3.66. The molecule has 1 aliphatic rings. The summed E-state index contributed by atoms with van der Waals surface area (Å²) in [4.78, 5) is 25.2. The van der Waals surface area contributed by atoms with Crippen LogP contribution in [0, 0.1) is 5.41 Å². The average Bonchev–Trinajstić information content (AvgIpc) is 2.54. The minimum Gasteiger partial charge on any atom is -0.456 e. The van der Waals surface area contributed by atoms with Crippen molar-refractivity contribution in [3.63, 3.8) is 0 Å². The molecule has 2 aromatic carbocycles. The summed E-state index contributed by atoms with van der Waals surface area (Å²) in [5.41, 5.74) is 0.599. The normalized spacial score (nSPS) is 23.9. The number of rotatable bonds is 2. The Labute approximate surface area is 129 Å². The molecule has 0 radical (unpaired) electrons. The quantitative estimate of drug-likeness (QED) is 0.627. The summed E-state index contributed by atoms with van der Waals surface area (Å²) in [6.07, 6.45) is -0.573. The lowest BCUT2D eigenvalue weighted by molar-refractivity contribution is -0.174. The van der Waals surface area contributed by atoms with Crippen LogP contribution < -0.4 is 0 Å². The van der Waals surface area contributed by atoms with Gasteiger partial charge in [0.25, 0.3) is 0 Å². The van der Waals surface area contributed by atoms with Gasteiger partial charge in [-0.1, -0.05) is 60.7 Å². The highest BCUT2D eigenvalue weighted by atomic mass is 16.5. The highest BCUT2D eigenvalue weighted by Crippen LogP contribution is 2.44. The summed E-state index contributed by atoms with van der Waals surface area (Å²) in [6, 6.07) is 19.0. The van der Waals surface area contributed by atoms with E-state index in [-0.39, 0.29) is 5.78 Å². The first-order valence-electron chi connectivity index (χ1n) is 7.37. The summed E-state index contributed by atoms with van der Waals surface area (Å²) in [6.45, 7) is 3.27. The van der Waals surface area contributed by atoms with Crippen LogP contribution in [0.4, 0.5) is 0 Å². The first-order valence-corrected chi connectivity index (χ1v) is 7.37. The molecule has 22 heavy (non-hydrogen) atoms. The average molecular weight is 294 g/mol. The third-order valence-corrected chi connectivity index (χ3v) is 4.23. The Morgan fingerprint density at radius 3 is 1.86 bits per heavy atom. The fourth-order valence-corrected chi connectivity index (χ4v) is 2.85. The second-order valence-electron chi connectivity index (χ2n) is 6.11. The van der Waals surface area contributed by atoms with E-state index in [4.69, 9.17) is 4.74 Å². The third-order valence-electron chi connectivity index (χ3n) is 4.23. The van der Waals surface area contributed by atoms with Crippen LogP contribution in [0.3, 0.4) is 0 Å². The zero-order valence-corrected chi connectivity index (χ0v) is 12.7. The summed E-state index contributed by atoms with van der Waals surface area (Å²) >= 11 is 0. The number of carbonyl (C=O) groups excluding carboxylic acids is 2. The summed E-state index contributed by atoms with van der Waals surface area (Å²) in [5, 5.41) is 0. The molecule has 1 aliphatic heterocycles. The Hall–Kier alpha value is -2.42. The predicted molar refractivity (Wildman–Crippen MR) is 83.2 cm³/mol. The van der Waals surface area contributed by atoms with Crippen molar-refractivity contribution in [2.45, 2.75) is 25.9 Å². The van der Waals surface area contributed by atoms with E-state index in [1.54, 1.807) is 13.8 Å². The lowest BCUT2D eigenvalue weighted by atomic mass is 9.72. The maximum Gasteiger partial charge on any atom is 0.319 e. The van der Waals surface area contributed by atoms with Gasteiger partial charge in [-0.2, -0.15) is 0 Å². The molecule has 2 atom stereocenters. The first-order chi connectivity index (χ1) is 10.5. The van der Waals surface area contributed by atoms with E-state index in [0.717, 1.165) is 11.1 Å². The van der Waals surface area contributed by atoms with Crippen LogP contribution in [0.1, 0.15) is 37.0 Å². The van der Waals surface area contributed by atoms with Crippen LogP contribution in [-0.4, -0.2) is 11.8 Å². The molecule has 0 spiro atoms. The Balaban J connectivity index is 2.10. The highest BCUT2D eigenvalue weighted by molar-refractivity contribution is 6.08. The fraction of sp³-hybridized carbons (Fsp3) is 0.263. The summed E-state index contributed by atoms with van der Waals surface area (Å²) < 4.78 is 5.67. The molecule has 1 saturated heterocycles. The van der Waals surface area contributed by atoms with Crippen molar-refractivity contribution >= 4 is 11.8 Å². The molecule has 0 amide bonds. The lowest BCUT2D eigenvalue weighted by Crippen LogP contribution is -2.46. The van der Waals surface area contributed by atoms with Crippen LogP contribution in [0.5, 0.6) is 0 Å². The maximum atomic E-state index is 12.9. The van der Waals surface area contributed by atoms with Gasteiger partial charge in [0, 0.05) is 0 Å². The van der Waals surface area contributed by atoms with Crippen LogP contribution in [0.2, 0.25) is 0 Å². The third kappa shape index (κ3) is 2.33. The Morgan fingerprint density at radius 2 is 1.32 bits per heavy atom. The van der Waals surface area contributed by atoms with Crippen molar-refractivity contribution in [1.82, 2.24) is 0 Å². The van der Waals surface area contributed by atoms with Crippen molar-refractivity contribution in [2.24, 2.45) is 5.41 Å². The van der Waals surface area contributed by atoms with E-state index in [1.807, 2.05) is 60.7 Å². The van der Waals surface area contributed by atoms with Crippen molar-refractivity contribution in [2.75, 3.05) is 0 Å². The van der Waals surface area contributed by atoms with E-state index in [1.165, 1.54) is 0 Å². The molecule has 112 valence electrons. The van der Waals surface area contributed by atoms with Gasteiger partial charge < -0.3 is 4.74 Å². The molecule has 0 N–H and O–H groups in total. The van der Waals surface area contributed by atoms with Gasteiger partial charge in [-0.3, -0.25) is 9.59 Å². The Morgan fingerprint density at radius 1 is 0.818 bits per heavy atom. The molecule has 0 aliphatic carbocycles. The number of benzene rings is 2. The number of esters is 1.